The molecule has 26 heavy (non-hydrogen) atoms. The van der Waals surface area contributed by atoms with E-state index in [1.165, 1.54) is 0 Å². The molecule has 0 radical (unpaired) electrons. The number of anilines is 1. The van der Waals surface area contributed by atoms with Crippen LogP contribution in [0.3, 0.4) is 0 Å². The lowest BCUT2D eigenvalue weighted by atomic mass is 10.1. The molecule has 1 heterocycles. The van der Waals surface area contributed by atoms with Crippen LogP contribution >= 0.6 is 0 Å². The lowest BCUT2D eigenvalue weighted by Crippen LogP contribution is -2.45. The average Bonchev–Trinajstić information content (AvgIpc) is 2.68. The van der Waals surface area contributed by atoms with Crippen molar-refractivity contribution in [2.24, 2.45) is 0 Å². The summed E-state index contributed by atoms with van der Waals surface area (Å²) in [4.78, 5) is 14.5. The molecule has 1 unspecified atom stereocenters. The van der Waals surface area contributed by atoms with Gasteiger partial charge in [0.05, 0.1) is 6.10 Å². The maximum Gasteiger partial charge on any atom is 0.321 e. The Labute approximate surface area is 154 Å². The highest BCUT2D eigenvalue weighted by Crippen LogP contribution is 2.20. The zero-order chi connectivity index (χ0) is 18.2. The molecule has 138 valence electrons. The fourth-order valence-corrected chi connectivity index (χ4v) is 3.13. The fraction of sp³-hybridized carbons (Fsp3) is 0.381. The predicted molar refractivity (Wildman–Crippen MR) is 102 cm³/mol. The first-order valence-corrected chi connectivity index (χ1v) is 9.19. The largest absolute Gasteiger partial charge is 0.489 e. The summed E-state index contributed by atoms with van der Waals surface area (Å²) < 4.78 is 11.5. The molecule has 0 saturated carbocycles. The van der Waals surface area contributed by atoms with Gasteiger partial charge in [0, 0.05) is 30.9 Å². The van der Waals surface area contributed by atoms with E-state index >= 15 is 0 Å². The molecule has 1 atom stereocenters. The summed E-state index contributed by atoms with van der Waals surface area (Å²) in [5.41, 5.74) is 1.73. The number of hydrogen-bond acceptors (Lipinski definition) is 3. The third-order valence-corrected chi connectivity index (χ3v) is 4.46. The molecule has 1 aliphatic rings. The summed E-state index contributed by atoms with van der Waals surface area (Å²) in [6.45, 7) is 4.48. The van der Waals surface area contributed by atoms with E-state index in [4.69, 9.17) is 9.47 Å². The van der Waals surface area contributed by atoms with Gasteiger partial charge in [-0.1, -0.05) is 36.4 Å². The molecule has 3 rings (SSSR count). The summed E-state index contributed by atoms with van der Waals surface area (Å²) in [6.07, 6.45) is 2.12. The van der Waals surface area contributed by atoms with Crippen LogP contribution in [0.25, 0.3) is 0 Å². The number of carbonyl (C=O) groups excluding carboxylic acids is 1. The van der Waals surface area contributed by atoms with E-state index in [0.29, 0.717) is 19.8 Å². The third-order valence-electron chi connectivity index (χ3n) is 4.46. The average molecular weight is 354 g/mol. The zero-order valence-electron chi connectivity index (χ0n) is 15.2. The highest BCUT2D eigenvalue weighted by molar-refractivity contribution is 5.90. The van der Waals surface area contributed by atoms with Crippen molar-refractivity contribution in [2.75, 3.05) is 25.0 Å². The van der Waals surface area contributed by atoms with Gasteiger partial charge in [0.1, 0.15) is 12.4 Å². The van der Waals surface area contributed by atoms with Gasteiger partial charge in [-0.25, -0.2) is 4.79 Å². The van der Waals surface area contributed by atoms with Crippen molar-refractivity contribution < 1.29 is 14.3 Å². The van der Waals surface area contributed by atoms with Crippen LogP contribution in [0.1, 0.15) is 25.3 Å². The zero-order valence-corrected chi connectivity index (χ0v) is 15.2. The van der Waals surface area contributed by atoms with E-state index in [2.05, 4.69) is 5.32 Å². The molecule has 5 heteroatoms. The maximum atomic E-state index is 12.7. The number of ether oxygens (including phenoxy) is 2. The first-order chi connectivity index (χ1) is 12.8. The van der Waals surface area contributed by atoms with E-state index in [1.807, 2.05) is 66.4 Å². The monoisotopic (exact) mass is 354 g/mol. The molecule has 1 saturated heterocycles. The second kappa shape index (κ2) is 9.25. The Morgan fingerprint density at radius 2 is 1.92 bits per heavy atom. The second-order valence-corrected chi connectivity index (χ2v) is 6.35. The number of piperidine rings is 1. The third kappa shape index (κ3) is 4.99. The maximum absolute atomic E-state index is 12.7. The second-order valence-electron chi connectivity index (χ2n) is 6.35. The molecule has 5 nitrogen and oxygen atoms in total. The minimum Gasteiger partial charge on any atom is -0.489 e. The van der Waals surface area contributed by atoms with Crippen LogP contribution < -0.4 is 10.1 Å². The lowest BCUT2D eigenvalue weighted by Gasteiger charge is -2.32. The van der Waals surface area contributed by atoms with Crippen LogP contribution in [0.15, 0.2) is 54.6 Å². The molecular formula is C21H26N2O3. The van der Waals surface area contributed by atoms with Gasteiger partial charge in [-0.3, -0.25) is 0 Å². The van der Waals surface area contributed by atoms with Crippen LogP contribution in [0, 0.1) is 0 Å². The van der Waals surface area contributed by atoms with Gasteiger partial charge in [-0.05, 0) is 38.0 Å². The SMILES string of the molecule is CCOC1CCCN(C(=O)Nc2ccccc2COc2ccccc2)C1. The number of para-hydroxylation sites is 2. The van der Waals surface area contributed by atoms with E-state index in [0.717, 1.165) is 36.4 Å². The summed E-state index contributed by atoms with van der Waals surface area (Å²) in [6, 6.07) is 17.3. The Morgan fingerprint density at radius 1 is 1.15 bits per heavy atom. The van der Waals surface area contributed by atoms with Crippen molar-refractivity contribution in [1.82, 2.24) is 4.90 Å². The minimum absolute atomic E-state index is 0.0819. The van der Waals surface area contributed by atoms with Gasteiger partial charge in [0.25, 0.3) is 0 Å². The van der Waals surface area contributed by atoms with Crippen molar-refractivity contribution in [3.63, 3.8) is 0 Å². The van der Waals surface area contributed by atoms with E-state index in [9.17, 15) is 4.79 Å². The molecule has 2 aromatic carbocycles. The normalized spacial score (nSPS) is 17.0. The minimum atomic E-state index is -0.0819. The topological polar surface area (TPSA) is 50.8 Å². The van der Waals surface area contributed by atoms with E-state index in [1.54, 1.807) is 0 Å². The Morgan fingerprint density at radius 3 is 2.73 bits per heavy atom. The summed E-state index contributed by atoms with van der Waals surface area (Å²) in [7, 11) is 0. The van der Waals surface area contributed by atoms with E-state index < -0.39 is 0 Å². The molecular weight excluding hydrogens is 328 g/mol. The predicted octanol–water partition coefficient (Wildman–Crippen LogP) is 4.30. The highest BCUT2D eigenvalue weighted by Gasteiger charge is 2.24. The molecule has 0 aliphatic carbocycles. The smallest absolute Gasteiger partial charge is 0.321 e. The first-order valence-electron chi connectivity index (χ1n) is 9.19. The number of carbonyl (C=O) groups is 1. The molecule has 2 aromatic rings. The number of benzene rings is 2. The van der Waals surface area contributed by atoms with Crippen LogP contribution in [0.4, 0.5) is 10.5 Å². The van der Waals surface area contributed by atoms with Crippen molar-refractivity contribution in [3.05, 3.63) is 60.2 Å². The number of urea groups is 1. The molecule has 0 aromatic heterocycles. The summed E-state index contributed by atoms with van der Waals surface area (Å²) in [5, 5.41) is 3.03. The summed E-state index contributed by atoms with van der Waals surface area (Å²) >= 11 is 0. The lowest BCUT2D eigenvalue weighted by molar-refractivity contribution is 0.0181. The quantitative estimate of drug-likeness (QED) is 0.841. The van der Waals surface area contributed by atoms with Crippen LogP contribution in [0.5, 0.6) is 5.75 Å². The van der Waals surface area contributed by atoms with Gasteiger partial charge in [-0.2, -0.15) is 0 Å². The Balaban J connectivity index is 1.61. The van der Waals surface area contributed by atoms with Crippen LogP contribution in [0.2, 0.25) is 0 Å². The number of nitrogens with zero attached hydrogens (tertiary/aromatic N) is 1. The number of likely N-dealkylation sites (tertiary alicyclic amines) is 1. The Bertz CT molecular complexity index is 703. The number of amides is 2. The molecule has 1 N–H and O–H groups in total. The van der Waals surface area contributed by atoms with Crippen molar-refractivity contribution in [1.29, 1.82) is 0 Å². The number of nitrogens with one attached hydrogen (secondary N) is 1. The standard InChI is InChI=1S/C21H26N2O3/c1-2-25-19-12-8-14-23(15-19)21(24)22-20-13-7-6-9-17(20)16-26-18-10-4-3-5-11-18/h3-7,9-11,13,19H,2,8,12,14-16H2,1H3,(H,22,24). The fourth-order valence-electron chi connectivity index (χ4n) is 3.13. The van der Waals surface area contributed by atoms with Crippen molar-refractivity contribution in [2.45, 2.75) is 32.5 Å². The van der Waals surface area contributed by atoms with Crippen molar-refractivity contribution in [3.8, 4) is 5.75 Å². The Kier molecular flexibility index (Phi) is 6.50. The number of hydrogen-bond donors (Lipinski definition) is 1. The molecule has 0 bridgehead atoms. The highest BCUT2D eigenvalue weighted by atomic mass is 16.5. The van der Waals surface area contributed by atoms with Gasteiger partial charge in [-0.15, -0.1) is 0 Å². The molecule has 0 spiro atoms. The summed E-state index contributed by atoms with van der Waals surface area (Å²) in [5.74, 6) is 0.809. The van der Waals surface area contributed by atoms with Gasteiger partial charge >= 0.3 is 6.03 Å². The molecule has 1 fully saturated rings. The van der Waals surface area contributed by atoms with Crippen LogP contribution in [-0.4, -0.2) is 36.7 Å². The molecule has 1 aliphatic heterocycles. The van der Waals surface area contributed by atoms with E-state index in [-0.39, 0.29) is 12.1 Å². The van der Waals surface area contributed by atoms with Crippen LogP contribution in [-0.2, 0) is 11.3 Å². The van der Waals surface area contributed by atoms with Crippen molar-refractivity contribution >= 4 is 11.7 Å². The first kappa shape index (κ1) is 18.3. The Hall–Kier alpha value is -2.53. The number of rotatable bonds is 6. The molecule has 2 amide bonds. The van der Waals surface area contributed by atoms with Gasteiger partial charge in [0.15, 0.2) is 0 Å². The van der Waals surface area contributed by atoms with Gasteiger partial charge in [0.2, 0.25) is 0 Å². The van der Waals surface area contributed by atoms with Gasteiger partial charge < -0.3 is 19.7 Å².